The van der Waals surface area contributed by atoms with E-state index in [9.17, 15) is 13.5 Å². The molecule has 5 heteroatoms. The van der Waals surface area contributed by atoms with E-state index < -0.39 is 15.0 Å². The third-order valence-corrected chi connectivity index (χ3v) is 3.40. The summed E-state index contributed by atoms with van der Waals surface area (Å²) in [4.78, 5) is 0. The van der Waals surface area contributed by atoms with Crippen LogP contribution in [0.5, 0.6) is 0 Å². The normalized spacial score (nSPS) is 17.8. The summed E-state index contributed by atoms with van der Waals surface area (Å²) in [6.07, 6.45) is 0. The highest BCUT2D eigenvalue weighted by Crippen LogP contribution is 2.15. The van der Waals surface area contributed by atoms with Crippen LogP contribution >= 0.6 is 0 Å². The average molecular weight is 182 g/mol. The lowest BCUT2D eigenvalue weighted by atomic mass is 10.7. The van der Waals surface area contributed by atoms with E-state index >= 15 is 0 Å². The number of hydrogen-bond acceptors (Lipinski definition) is 4. The summed E-state index contributed by atoms with van der Waals surface area (Å²) >= 11 is 0. The smallest absolute Gasteiger partial charge is 0.268 e. The maximum atomic E-state index is 11.0. The summed E-state index contributed by atoms with van der Waals surface area (Å²) < 4.78 is 26.7. The summed E-state index contributed by atoms with van der Waals surface area (Å²) in [6.45, 7) is 4.39. The second kappa shape index (κ2) is 3.51. The predicted octanol–water partition coefficient (Wildman–Crippen LogP) is 0.124. The molecule has 0 bridgehead atoms. The summed E-state index contributed by atoms with van der Waals surface area (Å²) in [7, 11) is -3.53. The maximum Gasteiger partial charge on any atom is 0.268 e. The maximum absolute atomic E-state index is 11.0. The zero-order chi connectivity index (χ0) is 9.12. The highest BCUT2D eigenvalue weighted by molar-refractivity contribution is 7.92. The molecule has 0 aromatic rings. The fourth-order valence-corrected chi connectivity index (χ4v) is 1.46. The van der Waals surface area contributed by atoms with Crippen molar-refractivity contribution in [2.45, 2.75) is 25.9 Å². The first-order chi connectivity index (χ1) is 4.87. The molecule has 1 unspecified atom stereocenters. The molecular weight excluding hydrogens is 168 g/mol. The summed E-state index contributed by atoms with van der Waals surface area (Å²) in [5, 5.41) is 7.20. The molecule has 1 atom stereocenters. The van der Waals surface area contributed by atoms with E-state index in [1.807, 2.05) is 0 Å². The summed E-state index contributed by atoms with van der Waals surface area (Å²) in [5.74, 6) is -0.125. The zero-order valence-electron chi connectivity index (χ0n) is 6.99. The van der Waals surface area contributed by atoms with Crippen LogP contribution < -0.4 is 0 Å². The monoisotopic (exact) mass is 182 g/mol. The fraction of sp³-hybridized carbons (Fsp3) is 1.00. The van der Waals surface area contributed by atoms with Gasteiger partial charge >= 0.3 is 0 Å². The van der Waals surface area contributed by atoms with Crippen LogP contribution in [-0.4, -0.2) is 31.0 Å². The van der Waals surface area contributed by atoms with Crippen molar-refractivity contribution in [3.8, 4) is 0 Å². The Hall–Kier alpha value is -0.130. The van der Waals surface area contributed by atoms with Crippen molar-refractivity contribution in [2.75, 3.05) is 12.4 Å². The lowest BCUT2D eigenvalue weighted by molar-refractivity contribution is -0.119. The molecule has 0 radical (unpaired) electrons. The summed E-state index contributed by atoms with van der Waals surface area (Å²) in [5.41, 5.74) is 0. The molecule has 0 saturated heterocycles. The van der Waals surface area contributed by atoms with Crippen LogP contribution in [0.3, 0.4) is 0 Å². The fourth-order valence-electron chi connectivity index (χ4n) is 0.625. The number of hydrogen-bond donors (Lipinski definition) is 1. The van der Waals surface area contributed by atoms with Crippen molar-refractivity contribution in [1.29, 1.82) is 0 Å². The second-order valence-electron chi connectivity index (χ2n) is 2.23. The lowest BCUT2D eigenvalue weighted by Crippen LogP contribution is -2.39. The zero-order valence-corrected chi connectivity index (χ0v) is 7.81. The number of sulfone groups is 1. The SMILES string of the molecule is CCOC(C)(O)S(=O)(=O)CC. The Morgan fingerprint density at radius 2 is 1.91 bits per heavy atom. The molecule has 0 aromatic carbocycles. The van der Waals surface area contributed by atoms with Gasteiger partial charge in [0, 0.05) is 13.5 Å². The van der Waals surface area contributed by atoms with Crippen LogP contribution in [0.4, 0.5) is 0 Å². The van der Waals surface area contributed by atoms with Gasteiger partial charge in [-0.25, -0.2) is 8.42 Å². The molecule has 4 nitrogen and oxygen atoms in total. The van der Waals surface area contributed by atoms with E-state index in [1.165, 1.54) is 6.92 Å². The molecule has 0 rings (SSSR count). The molecule has 1 N–H and O–H groups in total. The van der Waals surface area contributed by atoms with E-state index in [0.29, 0.717) is 0 Å². The molecule has 0 heterocycles. The van der Waals surface area contributed by atoms with E-state index in [-0.39, 0.29) is 12.4 Å². The lowest BCUT2D eigenvalue weighted by Gasteiger charge is -2.21. The topological polar surface area (TPSA) is 63.6 Å². The predicted molar refractivity (Wildman–Crippen MR) is 41.7 cm³/mol. The minimum atomic E-state index is -3.53. The number of ether oxygens (including phenoxy) is 1. The molecule has 0 aliphatic rings. The van der Waals surface area contributed by atoms with Gasteiger partial charge in [0.1, 0.15) is 0 Å². The van der Waals surface area contributed by atoms with Gasteiger partial charge in [-0.1, -0.05) is 6.92 Å². The molecule has 0 fully saturated rings. The molecule has 0 aromatic heterocycles. The van der Waals surface area contributed by atoms with Gasteiger partial charge in [-0.15, -0.1) is 0 Å². The standard InChI is InChI=1S/C6H14O4S/c1-4-10-6(3,7)11(8,9)5-2/h7H,4-5H2,1-3H3. The largest absolute Gasteiger partial charge is 0.354 e. The van der Waals surface area contributed by atoms with E-state index in [4.69, 9.17) is 0 Å². The van der Waals surface area contributed by atoms with E-state index in [2.05, 4.69) is 4.74 Å². The third-order valence-electron chi connectivity index (χ3n) is 1.37. The van der Waals surface area contributed by atoms with Crippen molar-refractivity contribution in [3.63, 3.8) is 0 Å². The van der Waals surface area contributed by atoms with Gasteiger partial charge in [-0.05, 0) is 6.92 Å². The first-order valence-corrected chi connectivity index (χ1v) is 5.11. The van der Waals surface area contributed by atoms with Gasteiger partial charge in [0.05, 0.1) is 5.75 Å². The highest BCUT2D eigenvalue weighted by atomic mass is 32.2. The van der Waals surface area contributed by atoms with Gasteiger partial charge in [0.25, 0.3) is 5.12 Å². The van der Waals surface area contributed by atoms with Gasteiger partial charge in [-0.2, -0.15) is 0 Å². The Kier molecular flexibility index (Phi) is 3.47. The minimum Gasteiger partial charge on any atom is -0.354 e. The van der Waals surface area contributed by atoms with Crippen LogP contribution in [0.1, 0.15) is 20.8 Å². The summed E-state index contributed by atoms with van der Waals surface area (Å²) in [6, 6.07) is 0. The van der Waals surface area contributed by atoms with Crippen LogP contribution in [0.25, 0.3) is 0 Å². The Bertz CT molecular complexity index is 205. The molecule has 11 heavy (non-hydrogen) atoms. The molecule has 0 aliphatic carbocycles. The van der Waals surface area contributed by atoms with E-state index in [1.54, 1.807) is 6.92 Å². The third kappa shape index (κ3) is 2.43. The van der Waals surface area contributed by atoms with Crippen molar-refractivity contribution in [1.82, 2.24) is 0 Å². The van der Waals surface area contributed by atoms with Gasteiger partial charge in [-0.3, -0.25) is 0 Å². The minimum absolute atomic E-state index is 0.125. The van der Waals surface area contributed by atoms with Gasteiger partial charge in [0.15, 0.2) is 0 Å². The van der Waals surface area contributed by atoms with Crippen molar-refractivity contribution in [3.05, 3.63) is 0 Å². The molecule has 68 valence electrons. The Labute approximate surface area is 67.1 Å². The van der Waals surface area contributed by atoms with Crippen molar-refractivity contribution < 1.29 is 18.3 Å². The van der Waals surface area contributed by atoms with Crippen LogP contribution in [-0.2, 0) is 14.6 Å². The van der Waals surface area contributed by atoms with Crippen LogP contribution in [0.15, 0.2) is 0 Å². The first-order valence-electron chi connectivity index (χ1n) is 3.46. The first kappa shape index (κ1) is 10.9. The Morgan fingerprint density at radius 3 is 2.18 bits per heavy atom. The number of rotatable bonds is 4. The van der Waals surface area contributed by atoms with Crippen molar-refractivity contribution in [2.24, 2.45) is 0 Å². The van der Waals surface area contributed by atoms with Crippen LogP contribution in [0, 0.1) is 0 Å². The second-order valence-corrected chi connectivity index (χ2v) is 4.80. The van der Waals surface area contributed by atoms with Crippen LogP contribution in [0.2, 0.25) is 0 Å². The molecule has 0 spiro atoms. The number of aliphatic hydroxyl groups is 1. The molecular formula is C6H14O4S. The highest BCUT2D eigenvalue weighted by Gasteiger charge is 2.35. The Morgan fingerprint density at radius 1 is 1.45 bits per heavy atom. The quantitative estimate of drug-likeness (QED) is 0.627. The Balaban J connectivity index is 4.55. The van der Waals surface area contributed by atoms with E-state index in [0.717, 1.165) is 6.92 Å². The van der Waals surface area contributed by atoms with Crippen molar-refractivity contribution >= 4 is 9.84 Å². The molecule has 0 aliphatic heterocycles. The molecule has 0 saturated carbocycles. The molecule has 0 amide bonds. The van der Waals surface area contributed by atoms with Gasteiger partial charge < -0.3 is 9.84 Å². The average Bonchev–Trinajstić information content (AvgIpc) is 1.87. The van der Waals surface area contributed by atoms with Gasteiger partial charge in [0.2, 0.25) is 9.84 Å².